The van der Waals surface area contributed by atoms with Gasteiger partial charge in [-0.1, -0.05) is 48.5 Å². The Bertz CT molecular complexity index is 1120. The first-order chi connectivity index (χ1) is 13.6. The zero-order valence-electron chi connectivity index (χ0n) is 15.5. The molecule has 1 N–H and O–H groups in total. The number of pyridine rings is 1. The number of carbonyl (C=O) groups is 1. The maximum absolute atomic E-state index is 12.8. The highest BCUT2D eigenvalue weighted by Gasteiger charge is 2.15. The fraction of sp³-hybridized carbons (Fsp3) is 0.130. The van der Waals surface area contributed by atoms with Crippen molar-refractivity contribution in [3.8, 4) is 0 Å². The van der Waals surface area contributed by atoms with E-state index in [0.717, 1.165) is 26.8 Å². The van der Waals surface area contributed by atoms with Gasteiger partial charge in [-0.25, -0.2) is 0 Å². The maximum atomic E-state index is 12.8. The molecule has 2 heterocycles. The first-order valence-electron chi connectivity index (χ1n) is 9.10. The highest BCUT2D eigenvalue weighted by molar-refractivity contribution is 14.1. The molecule has 0 unspecified atom stereocenters. The van der Waals surface area contributed by atoms with E-state index in [0.29, 0.717) is 12.1 Å². The number of nitrogens with one attached hydrogen (secondary N) is 1. The lowest BCUT2D eigenvalue weighted by Crippen LogP contribution is -2.26. The van der Waals surface area contributed by atoms with E-state index in [1.807, 2.05) is 61.8 Å². The van der Waals surface area contributed by atoms with Gasteiger partial charge >= 0.3 is 0 Å². The summed E-state index contributed by atoms with van der Waals surface area (Å²) in [6.07, 6.45) is 4.46. The Morgan fingerprint density at radius 3 is 2.64 bits per heavy atom. The Morgan fingerprint density at radius 2 is 1.86 bits per heavy atom. The van der Waals surface area contributed by atoms with E-state index in [9.17, 15) is 4.79 Å². The lowest BCUT2D eigenvalue weighted by molar-refractivity contribution is 0.0784. The van der Waals surface area contributed by atoms with Gasteiger partial charge < -0.3 is 9.88 Å². The maximum Gasteiger partial charge on any atom is 0.255 e. The second-order valence-electron chi connectivity index (χ2n) is 6.84. The standard InChI is InChI=1S/C23H20IN3O/c1-27(15-16-7-3-2-4-8-16)23(28)18-11-20(24)22(26-14-18)12-17-13-25-21-10-6-5-9-19(17)21/h2-11,13-14,25H,12,15H2,1H3. The zero-order valence-corrected chi connectivity index (χ0v) is 17.7. The van der Waals surface area contributed by atoms with Gasteiger partial charge in [-0.3, -0.25) is 9.78 Å². The minimum atomic E-state index is -0.0205. The first-order valence-corrected chi connectivity index (χ1v) is 10.2. The predicted molar refractivity (Wildman–Crippen MR) is 120 cm³/mol. The molecule has 4 rings (SSSR count). The molecule has 28 heavy (non-hydrogen) atoms. The van der Waals surface area contributed by atoms with E-state index in [1.165, 1.54) is 10.9 Å². The number of benzene rings is 2. The van der Waals surface area contributed by atoms with Gasteiger partial charge in [0.25, 0.3) is 5.91 Å². The quantitative estimate of drug-likeness (QED) is 0.407. The van der Waals surface area contributed by atoms with Crippen LogP contribution in [0.4, 0.5) is 0 Å². The summed E-state index contributed by atoms with van der Waals surface area (Å²) in [7, 11) is 1.82. The summed E-state index contributed by atoms with van der Waals surface area (Å²) in [6.45, 7) is 0.577. The molecular formula is C23H20IN3O. The molecule has 0 radical (unpaired) electrons. The average molecular weight is 481 g/mol. The summed E-state index contributed by atoms with van der Waals surface area (Å²) < 4.78 is 1.00. The molecule has 5 heteroatoms. The number of rotatable bonds is 5. The third kappa shape index (κ3) is 3.94. The van der Waals surface area contributed by atoms with Gasteiger partial charge in [0.15, 0.2) is 0 Å². The molecule has 0 fully saturated rings. The van der Waals surface area contributed by atoms with Crippen LogP contribution < -0.4 is 0 Å². The smallest absolute Gasteiger partial charge is 0.255 e. The Balaban J connectivity index is 1.51. The number of amides is 1. The molecule has 0 saturated carbocycles. The largest absolute Gasteiger partial charge is 0.361 e. The van der Waals surface area contributed by atoms with Crippen LogP contribution in [0.3, 0.4) is 0 Å². The molecule has 4 nitrogen and oxygen atoms in total. The molecule has 140 valence electrons. The summed E-state index contributed by atoms with van der Waals surface area (Å²) >= 11 is 2.27. The topological polar surface area (TPSA) is 49.0 Å². The minimum Gasteiger partial charge on any atom is -0.361 e. The highest BCUT2D eigenvalue weighted by atomic mass is 127. The molecule has 0 aliphatic rings. The molecule has 2 aromatic carbocycles. The van der Waals surface area contributed by atoms with Crippen molar-refractivity contribution >= 4 is 39.4 Å². The van der Waals surface area contributed by atoms with E-state index in [-0.39, 0.29) is 5.91 Å². The SMILES string of the molecule is CN(Cc1ccccc1)C(=O)c1cnc(Cc2c[nH]c3ccccc23)c(I)c1. The predicted octanol–water partition coefficient (Wildman–Crippen LogP) is 5.03. The Labute approximate surface area is 177 Å². The molecule has 4 aromatic rings. The van der Waals surface area contributed by atoms with Crippen LogP contribution in [0.15, 0.2) is 73.1 Å². The van der Waals surface area contributed by atoms with Crippen molar-refractivity contribution in [1.29, 1.82) is 0 Å². The fourth-order valence-corrected chi connectivity index (χ4v) is 3.99. The van der Waals surface area contributed by atoms with Gasteiger partial charge in [0.05, 0.1) is 11.3 Å². The number of nitrogens with zero attached hydrogens (tertiary/aromatic N) is 2. The third-order valence-electron chi connectivity index (χ3n) is 4.81. The Kier molecular flexibility index (Phi) is 5.43. The number of hydrogen-bond acceptors (Lipinski definition) is 2. The Morgan fingerprint density at radius 1 is 1.11 bits per heavy atom. The molecule has 0 atom stereocenters. The third-order valence-corrected chi connectivity index (χ3v) is 5.74. The zero-order chi connectivity index (χ0) is 19.5. The van der Waals surface area contributed by atoms with Crippen LogP contribution in [-0.2, 0) is 13.0 Å². The van der Waals surface area contributed by atoms with Crippen LogP contribution in [0, 0.1) is 3.57 Å². The van der Waals surface area contributed by atoms with Crippen molar-refractivity contribution in [2.45, 2.75) is 13.0 Å². The highest BCUT2D eigenvalue weighted by Crippen LogP contribution is 2.23. The lowest BCUT2D eigenvalue weighted by atomic mass is 10.1. The number of halogens is 1. The van der Waals surface area contributed by atoms with Crippen molar-refractivity contribution in [3.05, 3.63) is 99.0 Å². The summed E-state index contributed by atoms with van der Waals surface area (Å²) in [5.41, 5.74) is 5.04. The summed E-state index contributed by atoms with van der Waals surface area (Å²) in [4.78, 5) is 22.4. The van der Waals surface area contributed by atoms with Crippen LogP contribution in [-0.4, -0.2) is 27.8 Å². The van der Waals surface area contributed by atoms with Crippen LogP contribution in [0.5, 0.6) is 0 Å². The number of hydrogen-bond donors (Lipinski definition) is 1. The van der Waals surface area contributed by atoms with Crippen LogP contribution in [0.1, 0.15) is 27.2 Å². The number of H-pyrrole nitrogens is 1. The monoisotopic (exact) mass is 481 g/mol. The van der Waals surface area contributed by atoms with E-state index in [4.69, 9.17) is 0 Å². The number of para-hydroxylation sites is 1. The average Bonchev–Trinajstić information content (AvgIpc) is 3.12. The van der Waals surface area contributed by atoms with Gasteiger partial charge in [0.1, 0.15) is 0 Å². The van der Waals surface area contributed by atoms with Crippen molar-refractivity contribution in [3.63, 3.8) is 0 Å². The van der Waals surface area contributed by atoms with Gasteiger partial charge in [-0.05, 0) is 45.9 Å². The van der Waals surface area contributed by atoms with Gasteiger partial charge in [-0.15, -0.1) is 0 Å². The van der Waals surface area contributed by atoms with E-state index < -0.39 is 0 Å². The normalized spacial score (nSPS) is 10.9. The molecule has 0 aliphatic carbocycles. The van der Waals surface area contributed by atoms with E-state index in [2.05, 4.69) is 44.7 Å². The van der Waals surface area contributed by atoms with Crippen molar-refractivity contribution in [2.24, 2.45) is 0 Å². The minimum absolute atomic E-state index is 0.0205. The van der Waals surface area contributed by atoms with Crippen molar-refractivity contribution < 1.29 is 4.79 Å². The van der Waals surface area contributed by atoms with E-state index >= 15 is 0 Å². The fourth-order valence-electron chi connectivity index (χ4n) is 3.32. The molecule has 0 bridgehead atoms. The number of aromatic amines is 1. The first kappa shape index (κ1) is 18.7. The molecule has 0 saturated heterocycles. The van der Waals surface area contributed by atoms with Crippen molar-refractivity contribution in [1.82, 2.24) is 14.9 Å². The molecule has 2 aromatic heterocycles. The van der Waals surface area contributed by atoms with Crippen LogP contribution in [0.2, 0.25) is 0 Å². The lowest BCUT2D eigenvalue weighted by Gasteiger charge is -2.17. The number of fused-ring (bicyclic) bond motifs is 1. The second-order valence-corrected chi connectivity index (χ2v) is 8.00. The Hall–Kier alpha value is -2.67. The second kappa shape index (κ2) is 8.14. The van der Waals surface area contributed by atoms with Gasteiger partial charge in [0, 0.05) is 46.9 Å². The molecule has 1 amide bonds. The van der Waals surface area contributed by atoms with Gasteiger partial charge in [0.2, 0.25) is 0 Å². The van der Waals surface area contributed by atoms with E-state index in [1.54, 1.807) is 11.1 Å². The van der Waals surface area contributed by atoms with Crippen molar-refractivity contribution in [2.75, 3.05) is 7.05 Å². The molecule has 0 aliphatic heterocycles. The summed E-state index contributed by atoms with van der Waals surface area (Å²) in [6, 6.07) is 20.2. The molecular weight excluding hydrogens is 461 g/mol. The van der Waals surface area contributed by atoms with Crippen LogP contribution >= 0.6 is 22.6 Å². The number of carbonyl (C=O) groups excluding carboxylic acids is 1. The van der Waals surface area contributed by atoms with Crippen LogP contribution in [0.25, 0.3) is 10.9 Å². The molecule has 0 spiro atoms. The summed E-state index contributed by atoms with van der Waals surface area (Å²) in [5.74, 6) is -0.0205. The summed E-state index contributed by atoms with van der Waals surface area (Å²) in [5, 5.41) is 1.21. The van der Waals surface area contributed by atoms with Gasteiger partial charge in [-0.2, -0.15) is 0 Å². The number of aromatic nitrogens is 2.